The molecule has 23 heavy (non-hydrogen) atoms. The smallest absolute Gasteiger partial charge is 0.236 e. The highest BCUT2D eigenvalue weighted by Crippen LogP contribution is 2.33. The van der Waals surface area contributed by atoms with Crippen LogP contribution in [0.4, 0.5) is 5.13 Å². The number of aromatic nitrogens is 1. The molecule has 0 aliphatic rings. The molecule has 0 saturated heterocycles. The fourth-order valence-electron chi connectivity index (χ4n) is 1.84. The predicted octanol–water partition coefficient (Wildman–Crippen LogP) is 5.67. The lowest BCUT2D eigenvalue weighted by Crippen LogP contribution is -2.13. The number of aryl methyl sites for hydroxylation is 1. The molecule has 3 nitrogen and oxygen atoms in total. The molecule has 0 aliphatic carbocycles. The monoisotopic (exact) mass is 424 g/mol. The second kappa shape index (κ2) is 7.61. The van der Waals surface area contributed by atoms with Crippen LogP contribution >= 0.6 is 50.4 Å². The summed E-state index contributed by atoms with van der Waals surface area (Å²) in [6.45, 7) is 2.05. The number of hydrogen-bond donors (Lipinski definition) is 1. The normalized spacial score (nSPS) is 10.7. The van der Waals surface area contributed by atoms with E-state index in [1.165, 1.54) is 28.7 Å². The van der Waals surface area contributed by atoms with Crippen LogP contribution < -0.4 is 5.32 Å². The number of halogens is 1. The Morgan fingerprint density at radius 1 is 1.26 bits per heavy atom. The van der Waals surface area contributed by atoms with Gasteiger partial charge in [-0.2, -0.15) is 0 Å². The van der Waals surface area contributed by atoms with Crippen LogP contribution in [0.3, 0.4) is 0 Å². The summed E-state index contributed by atoms with van der Waals surface area (Å²) in [7, 11) is 0. The molecule has 0 saturated carbocycles. The lowest BCUT2D eigenvalue weighted by Gasteiger charge is -2.02. The van der Waals surface area contributed by atoms with Crippen molar-refractivity contribution in [1.82, 2.24) is 4.98 Å². The van der Waals surface area contributed by atoms with Crippen LogP contribution in [0.25, 0.3) is 10.6 Å². The number of hydrogen-bond acceptors (Lipinski definition) is 5. The Morgan fingerprint density at radius 2 is 2.04 bits per heavy atom. The first-order valence-corrected chi connectivity index (χ1v) is 10.3. The SMILES string of the molecule is Cc1ccc(SCC(=O)Nc2nc(-c3ccc(Br)s3)cs2)cc1. The number of thiazole rings is 1. The molecule has 0 spiro atoms. The van der Waals surface area contributed by atoms with E-state index < -0.39 is 0 Å². The fraction of sp³-hybridized carbons (Fsp3) is 0.125. The third-order valence-electron chi connectivity index (χ3n) is 2.97. The van der Waals surface area contributed by atoms with E-state index in [1.54, 1.807) is 11.3 Å². The van der Waals surface area contributed by atoms with Gasteiger partial charge in [-0.15, -0.1) is 34.4 Å². The van der Waals surface area contributed by atoms with Crippen molar-refractivity contribution in [1.29, 1.82) is 0 Å². The molecule has 0 atom stereocenters. The van der Waals surface area contributed by atoms with Gasteiger partial charge in [-0.05, 0) is 47.1 Å². The molecule has 0 unspecified atom stereocenters. The van der Waals surface area contributed by atoms with Gasteiger partial charge in [-0.1, -0.05) is 17.7 Å². The summed E-state index contributed by atoms with van der Waals surface area (Å²) in [5.74, 6) is 0.339. The molecule has 1 aromatic carbocycles. The predicted molar refractivity (Wildman–Crippen MR) is 104 cm³/mol. The first-order chi connectivity index (χ1) is 11.1. The lowest BCUT2D eigenvalue weighted by molar-refractivity contribution is -0.113. The summed E-state index contributed by atoms with van der Waals surface area (Å²) in [5.41, 5.74) is 2.11. The zero-order valence-electron chi connectivity index (χ0n) is 12.2. The summed E-state index contributed by atoms with van der Waals surface area (Å²) in [5, 5.41) is 5.46. The minimum Gasteiger partial charge on any atom is -0.301 e. The first-order valence-electron chi connectivity index (χ1n) is 6.81. The van der Waals surface area contributed by atoms with Crippen molar-refractivity contribution in [2.24, 2.45) is 0 Å². The maximum atomic E-state index is 12.0. The molecular formula is C16H13BrN2OS3. The Hall–Kier alpha value is -1.15. The molecular weight excluding hydrogens is 412 g/mol. The van der Waals surface area contributed by atoms with E-state index in [4.69, 9.17) is 0 Å². The molecule has 3 aromatic rings. The van der Waals surface area contributed by atoms with Gasteiger partial charge in [0.05, 0.1) is 20.1 Å². The molecule has 7 heteroatoms. The molecule has 118 valence electrons. The Balaban J connectivity index is 1.56. The Labute approximate surface area is 155 Å². The Bertz CT molecular complexity index is 811. The van der Waals surface area contributed by atoms with Crippen LogP contribution in [-0.4, -0.2) is 16.6 Å². The van der Waals surface area contributed by atoms with Crippen molar-refractivity contribution >= 4 is 61.4 Å². The summed E-state index contributed by atoms with van der Waals surface area (Å²) < 4.78 is 1.07. The molecule has 0 bridgehead atoms. The van der Waals surface area contributed by atoms with Gasteiger partial charge in [0.2, 0.25) is 5.91 Å². The van der Waals surface area contributed by atoms with Gasteiger partial charge < -0.3 is 5.32 Å². The number of anilines is 1. The van der Waals surface area contributed by atoms with E-state index in [0.29, 0.717) is 10.9 Å². The molecule has 0 fully saturated rings. The van der Waals surface area contributed by atoms with Crippen LogP contribution in [0.2, 0.25) is 0 Å². The third-order valence-corrected chi connectivity index (χ3v) is 6.38. The molecule has 0 radical (unpaired) electrons. The van der Waals surface area contributed by atoms with Crippen LogP contribution in [0.15, 0.2) is 50.5 Å². The molecule has 2 heterocycles. The number of amides is 1. The maximum absolute atomic E-state index is 12.0. The summed E-state index contributed by atoms with van der Waals surface area (Å²) >= 11 is 8.04. The second-order valence-corrected chi connectivity index (χ2v) is 9.16. The van der Waals surface area contributed by atoms with Crippen molar-refractivity contribution in [3.63, 3.8) is 0 Å². The average molecular weight is 425 g/mol. The van der Waals surface area contributed by atoms with Gasteiger partial charge in [0.15, 0.2) is 5.13 Å². The van der Waals surface area contributed by atoms with E-state index in [9.17, 15) is 4.79 Å². The van der Waals surface area contributed by atoms with E-state index in [-0.39, 0.29) is 5.91 Å². The molecule has 1 amide bonds. The van der Waals surface area contributed by atoms with Crippen molar-refractivity contribution < 1.29 is 4.79 Å². The lowest BCUT2D eigenvalue weighted by atomic mass is 10.2. The van der Waals surface area contributed by atoms with E-state index in [1.807, 2.05) is 48.7 Å². The number of nitrogens with zero attached hydrogens (tertiary/aromatic N) is 1. The summed E-state index contributed by atoms with van der Waals surface area (Å²) in [4.78, 5) is 18.7. The topological polar surface area (TPSA) is 42.0 Å². The Kier molecular flexibility index (Phi) is 5.53. The van der Waals surface area contributed by atoms with Crippen LogP contribution in [0.5, 0.6) is 0 Å². The third kappa shape index (κ3) is 4.67. The van der Waals surface area contributed by atoms with Crippen LogP contribution in [0.1, 0.15) is 5.56 Å². The standard InChI is InChI=1S/C16H13BrN2OS3/c1-10-2-4-11(5-3-10)21-9-15(20)19-16-18-12(8-22-16)13-6-7-14(17)23-13/h2-8H,9H2,1H3,(H,18,19,20). The molecule has 2 aromatic heterocycles. The van der Waals surface area contributed by atoms with Crippen LogP contribution in [0, 0.1) is 6.92 Å². The number of nitrogens with one attached hydrogen (secondary N) is 1. The van der Waals surface area contributed by atoms with Gasteiger partial charge >= 0.3 is 0 Å². The largest absolute Gasteiger partial charge is 0.301 e. The van der Waals surface area contributed by atoms with Gasteiger partial charge in [-0.3, -0.25) is 4.79 Å². The molecule has 3 rings (SSSR count). The van der Waals surface area contributed by atoms with Crippen molar-refractivity contribution in [2.75, 3.05) is 11.1 Å². The fourth-order valence-corrected chi connectivity index (χ4v) is 4.68. The minimum atomic E-state index is -0.0381. The van der Waals surface area contributed by atoms with Gasteiger partial charge in [-0.25, -0.2) is 4.98 Å². The zero-order valence-corrected chi connectivity index (χ0v) is 16.2. The summed E-state index contributed by atoms with van der Waals surface area (Å²) in [6.07, 6.45) is 0. The maximum Gasteiger partial charge on any atom is 0.236 e. The number of benzene rings is 1. The van der Waals surface area contributed by atoms with Crippen molar-refractivity contribution in [2.45, 2.75) is 11.8 Å². The quantitative estimate of drug-likeness (QED) is 0.536. The number of carbonyl (C=O) groups excluding carboxylic acids is 1. The first kappa shape index (κ1) is 16.7. The molecule has 0 aliphatic heterocycles. The van der Waals surface area contributed by atoms with Crippen molar-refractivity contribution in [3.05, 3.63) is 51.1 Å². The second-order valence-electron chi connectivity index (χ2n) is 4.79. The van der Waals surface area contributed by atoms with Gasteiger partial charge in [0, 0.05) is 10.3 Å². The number of thiophene rings is 1. The highest BCUT2D eigenvalue weighted by molar-refractivity contribution is 9.11. The van der Waals surface area contributed by atoms with E-state index >= 15 is 0 Å². The highest BCUT2D eigenvalue weighted by Gasteiger charge is 2.10. The average Bonchev–Trinajstić information content (AvgIpc) is 3.16. The van der Waals surface area contributed by atoms with E-state index in [0.717, 1.165) is 19.3 Å². The zero-order chi connectivity index (χ0) is 16.2. The Morgan fingerprint density at radius 3 is 2.74 bits per heavy atom. The van der Waals surface area contributed by atoms with Gasteiger partial charge in [0.1, 0.15) is 0 Å². The van der Waals surface area contributed by atoms with E-state index in [2.05, 4.69) is 26.2 Å². The highest BCUT2D eigenvalue weighted by atomic mass is 79.9. The summed E-state index contributed by atoms with van der Waals surface area (Å²) in [6, 6.07) is 12.2. The van der Waals surface area contributed by atoms with Crippen LogP contribution in [-0.2, 0) is 4.79 Å². The van der Waals surface area contributed by atoms with Crippen molar-refractivity contribution in [3.8, 4) is 10.6 Å². The minimum absolute atomic E-state index is 0.0381. The molecule has 1 N–H and O–H groups in total. The number of carbonyl (C=O) groups is 1. The number of thioether (sulfide) groups is 1. The number of rotatable bonds is 5. The van der Waals surface area contributed by atoms with Gasteiger partial charge in [0.25, 0.3) is 0 Å².